The average Bonchev–Trinajstić information content (AvgIpc) is 0.770. The molecule has 4 amide bonds. The molecule has 0 bridgehead atoms. The number of pyridine rings is 3. The van der Waals surface area contributed by atoms with Gasteiger partial charge in [-0.2, -0.15) is 0 Å². The van der Waals surface area contributed by atoms with Gasteiger partial charge >= 0.3 is 0 Å². The van der Waals surface area contributed by atoms with Crippen LogP contribution in [0.5, 0.6) is 63.2 Å². The van der Waals surface area contributed by atoms with Gasteiger partial charge in [0.2, 0.25) is 17.4 Å². The number of nitrogens with zero attached hydrogens (tertiary/aromatic N) is 3. The minimum atomic E-state index is -1.36. The summed E-state index contributed by atoms with van der Waals surface area (Å²) in [6.45, 7) is 9.67. The molecule has 7 N–H and O–H groups in total. The first-order valence-corrected chi connectivity index (χ1v) is 48.4. The van der Waals surface area contributed by atoms with Crippen LogP contribution in [0.4, 0.5) is 0 Å². The van der Waals surface area contributed by atoms with Gasteiger partial charge in [-0.1, -0.05) is 36.4 Å². The Kier molecular flexibility index (Phi) is 60.5. The molecule has 0 saturated heterocycles. The molecule has 0 aliphatic carbocycles. The summed E-state index contributed by atoms with van der Waals surface area (Å²) in [5, 5.41) is 48.2. The number of hydrogen-bond donors (Lipinski definition) is 7. The van der Waals surface area contributed by atoms with Gasteiger partial charge in [0.15, 0.2) is 40.2 Å². The molecule has 0 unspecified atom stereocenters. The summed E-state index contributed by atoms with van der Waals surface area (Å²) < 4.78 is 153. The first-order valence-electron chi connectivity index (χ1n) is 48.4. The quantitative estimate of drug-likeness (QED) is 0.0174. The number of nitrogens with one attached hydrogen (secondary N) is 4. The van der Waals surface area contributed by atoms with Crippen molar-refractivity contribution in [2.75, 3.05) is 300 Å². The normalized spacial score (nSPS) is 11.4. The van der Waals surface area contributed by atoms with E-state index in [0.29, 0.717) is 152 Å². The fraction of sp³-hybridized carbons (Fsp3) is 0.529. The predicted octanol–water partition coefficient (Wildman–Crippen LogP) is 10.2. The Balaban J connectivity index is 0.0000257. The predicted molar refractivity (Wildman–Crippen MR) is 531 cm³/mol. The maximum Gasteiger partial charge on any atom is 0.255 e. The van der Waals surface area contributed by atoms with Gasteiger partial charge < -0.3 is 160 Å². The van der Waals surface area contributed by atoms with Crippen LogP contribution in [0, 0.1) is 45.4 Å². The molecule has 41 heteroatoms. The summed E-state index contributed by atoms with van der Waals surface area (Å²) in [5.41, 5.74) is 0.904. The number of aromatic hydroxyl groups is 3. The average molecular weight is 2180 g/mol. The number of rotatable bonds is 84. The number of phenols is 3. The van der Waals surface area contributed by atoms with E-state index in [1.165, 1.54) is 36.8 Å². The molecule has 6 aromatic carbocycles. The molecule has 3 heterocycles. The third kappa shape index (κ3) is 44.4. The second kappa shape index (κ2) is 73.0. The van der Waals surface area contributed by atoms with Gasteiger partial charge in [-0.25, -0.2) is 0 Å². The maximum atomic E-state index is 16.3. The maximum absolute atomic E-state index is 16.3. The molecule has 145 heavy (non-hydrogen) atoms. The van der Waals surface area contributed by atoms with Crippen LogP contribution in [0.3, 0.4) is 0 Å². The topological polar surface area (TPSA) is 456 Å². The largest absolute Gasteiger partial charge is 0.505 e. The number of ether oxygens (including phenoxy) is 26. The first-order chi connectivity index (χ1) is 70.7. The fourth-order valence-electron chi connectivity index (χ4n) is 14.6. The third-order valence-corrected chi connectivity index (χ3v) is 21.9. The Bertz CT molecular complexity index is 4690. The summed E-state index contributed by atoms with van der Waals surface area (Å²) in [7, 11) is 9.59. The molecule has 9 rings (SSSR count). The monoisotopic (exact) mass is 2180 g/mol. The Hall–Kier alpha value is -10.2. The molecular formula is C104H143GdN7O33. The molecule has 0 spiro atoms. The Morgan fingerprint density at radius 3 is 0.793 bits per heavy atom. The van der Waals surface area contributed by atoms with Crippen LogP contribution >= 0.6 is 0 Å². The van der Waals surface area contributed by atoms with Crippen molar-refractivity contribution in [1.82, 2.24) is 36.2 Å². The zero-order valence-electron chi connectivity index (χ0n) is 83.9. The van der Waals surface area contributed by atoms with E-state index in [0.717, 1.165) is 0 Å². The van der Waals surface area contributed by atoms with Gasteiger partial charge in [0.1, 0.15) is 80.9 Å². The zero-order valence-corrected chi connectivity index (χ0v) is 86.2. The summed E-state index contributed by atoms with van der Waals surface area (Å²) in [5.74, 6) is -0.934. The molecular weight excluding hydrogens is 2030 g/mol. The van der Waals surface area contributed by atoms with Crippen molar-refractivity contribution < 1.29 is 198 Å². The van der Waals surface area contributed by atoms with Crippen molar-refractivity contribution >= 4 is 56.3 Å². The summed E-state index contributed by atoms with van der Waals surface area (Å²) in [4.78, 5) is 71.7. The van der Waals surface area contributed by atoms with Gasteiger partial charge in [-0.05, 0) is 128 Å². The molecule has 40 nitrogen and oxygen atoms in total. The van der Waals surface area contributed by atoms with Crippen molar-refractivity contribution in [3.63, 3.8) is 0 Å². The number of amides is 4. The molecule has 800 valence electrons. The Morgan fingerprint density at radius 2 is 0.531 bits per heavy atom. The van der Waals surface area contributed by atoms with E-state index in [1.807, 2.05) is 0 Å². The molecule has 0 saturated carbocycles. The minimum Gasteiger partial charge on any atom is -0.505 e. The van der Waals surface area contributed by atoms with E-state index < -0.39 is 29.0 Å². The Morgan fingerprint density at radius 1 is 0.283 bits per heavy atom. The number of phenolic OH excluding ortho intramolecular Hbond substituents is 3. The molecule has 0 aliphatic rings. The standard InChI is InChI=1S/C104H143N7O33.Gd/c1-119-31-37-125-43-49-131-55-61-137-88-69-78(70-89(138-62-56-132-50-44-126-38-32-120-2)98(88)141-65-59-135-53-47-129-41-35-123-5)75-143-83-67-77(68-84(73-83)144-76-79-71-90(139-63-57-133-51-45-127-39-33-121-3)99(142-66-60-136-54-48-130-42-36-124-6)91(72-79)140-64-58-134-52-46-128-40-34-122-4)74-111-103(118)104(22-10-28-108-100(115)85-19-16-80-13-7-25-105-92(80)95(85)112,23-11-29-109-101(116)86-20-17-81-14-8-26-106-93(81)96(86)113)24-12-30-110-102(117)87-21-18-82-15-9-27-107-94(82)97(87)114;/h7-9,13-21,25-27,67-73,112-114H,10-12,22-24,28-66,74-76H2,1-6H3,(H,108,115)(H,109,116)(H,110,117)(H,111,118);. The van der Waals surface area contributed by atoms with E-state index in [9.17, 15) is 29.7 Å². The number of aromatic nitrogens is 3. The van der Waals surface area contributed by atoms with Gasteiger partial charge in [-0.3, -0.25) is 34.1 Å². The number of methoxy groups -OCH3 is 6. The summed E-state index contributed by atoms with van der Waals surface area (Å²) in [6.07, 6.45) is 5.46. The molecule has 0 aliphatic heterocycles. The van der Waals surface area contributed by atoms with Gasteiger partial charge in [0.25, 0.3) is 17.7 Å². The van der Waals surface area contributed by atoms with Crippen LogP contribution in [-0.4, -0.2) is 354 Å². The second-order valence-corrected chi connectivity index (χ2v) is 32.3. The van der Waals surface area contributed by atoms with Crippen LogP contribution in [0.1, 0.15) is 86.3 Å². The van der Waals surface area contributed by atoms with Crippen LogP contribution in [0.25, 0.3) is 32.7 Å². The number of carbonyl (C=O) groups is 4. The number of carbonyl (C=O) groups excluding carboxylic acids is 4. The number of hydrogen-bond acceptors (Lipinski definition) is 36. The molecule has 3 aromatic heterocycles. The number of fused-ring (bicyclic) bond motifs is 3. The summed E-state index contributed by atoms with van der Waals surface area (Å²) >= 11 is 0. The third-order valence-electron chi connectivity index (χ3n) is 21.9. The van der Waals surface area contributed by atoms with Crippen LogP contribution in [0.15, 0.2) is 134 Å². The van der Waals surface area contributed by atoms with Crippen molar-refractivity contribution in [3.8, 4) is 63.2 Å². The van der Waals surface area contributed by atoms with Crippen LogP contribution in [-0.2, 0) is 110 Å². The fourth-order valence-corrected chi connectivity index (χ4v) is 14.6. The van der Waals surface area contributed by atoms with Crippen molar-refractivity contribution in [2.45, 2.75) is 58.3 Å². The smallest absolute Gasteiger partial charge is 0.255 e. The van der Waals surface area contributed by atoms with E-state index in [1.54, 1.807) is 140 Å². The van der Waals surface area contributed by atoms with Gasteiger partial charge in [0, 0.05) is 155 Å². The first kappa shape index (κ1) is 120. The van der Waals surface area contributed by atoms with Crippen molar-refractivity contribution in [1.29, 1.82) is 0 Å². The second-order valence-electron chi connectivity index (χ2n) is 32.3. The molecule has 0 radical (unpaired) electrons. The minimum absolute atomic E-state index is 0. The Labute approximate surface area is 878 Å². The van der Waals surface area contributed by atoms with E-state index in [2.05, 4.69) is 36.2 Å². The van der Waals surface area contributed by atoms with E-state index in [-0.39, 0.29) is 333 Å². The molecule has 9 aromatic rings. The van der Waals surface area contributed by atoms with Crippen LogP contribution in [0.2, 0.25) is 0 Å². The van der Waals surface area contributed by atoms with E-state index >= 15 is 4.79 Å². The molecule has 0 atom stereocenters. The molecule has 0 fully saturated rings. The van der Waals surface area contributed by atoms with Crippen molar-refractivity contribution in [2.24, 2.45) is 5.41 Å². The zero-order chi connectivity index (χ0) is 102. The van der Waals surface area contributed by atoms with E-state index in [4.69, 9.17) is 123 Å². The van der Waals surface area contributed by atoms with Gasteiger partial charge in [0.05, 0.1) is 215 Å². The summed E-state index contributed by atoms with van der Waals surface area (Å²) in [6, 6.07) is 32.4. The number of benzene rings is 6. The SMILES string of the molecule is COCCOCCOCCOc1cc(COc2cc(CNC(=O)C(CCCNC(=O)c3ccc4cccnc4c3O)(CCCNC(=O)c3ccc4cccnc4c3O)CCCNC(=O)c3ccc4cccnc4c3O)cc(OCc3cc(OCCOCCOCCOC)c(OCCOCCOCCOC)c(OCCOCCOCCOC)c3)c2)cc(OCCOCCOCCOC)c1OCCOCCOCCOC.[Gd]. The van der Waals surface area contributed by atoms with Gasteiger partial charge in [-0.15, -0.1) is 0 Å². The van der Waals surface area contributed by atoms with Crippen molar-refractivity contribution in [3.05, 3.63) is 167 Å². The van der Waals surface area contributed by atoms with Crippen LogP contribution < -0.4 is 59.2 Å².